The van der Waals surface area contributed by atoms with Crippen LogP contribution < -0.4 is 21.1 Å². The van der Waals surface area contributed by atoms with Crippen LogP contribution in [-0.4, -0.2) is 31.5 Å². The molecule has 2 aromatic heterocycles. The molecule has 10 nitrogen and oxygen atoms in total. The lowest BCUT2D eigenvalue weighted by atomic mass is 9.97. The summed E-state index contributed by atoms with van der Waals surface area (Å²) in [6.07, 6.45) is 1.43. The second-order valence-electron chi connectivity index (χ2n) is 8.96. The van der Waals surface area contributed by atoms with Crippen LogP contribution in [0.25, 0.3) is 5.69 Å². The van der Waals surface area contributed by atoms with Crippen LogP contribution >= 0.6 is 34.7 Å². The molecule has 13 heteroatoms. The highest BCUT2D eigenvalue weighted by Gasteiger charge is 2.24. The van der Waals surface area contributed by atoms with Crippen LogP contribution in [0.15, 0.2) is 57.9 Å². The van der Waals surface area contributed by atoms with Gasteiger partial charge in [0.1, 0.15) is 10.8 Å². The van der Waals surface area contributed by atoms with Crippen molar-refractivity contribution in [3.05, 3.63) is 75.1 Å². The highest BCUT2D eigenvalue weighted by molar-refractivity contribution is 7.10. The molecule has 0 saturated heterocycles. The van der Waals surface area contributed by atoms with Crippen molar-refractivity contribution < 1.29 is 13.9 Å². The van der Waals surface area contributed by atoms with Crippen LogP contribution in [0.3, 0.4) is 0 Å². The Kier molecular flexibility index (Phi) is 9.30. The molecule has 196 valence electrons. The molecule has 2 aromatic carbocycles. The van der Waals surface area contributed by atoms with E-state index in [-0.39, 0.29) is 22.6 Å². The van der Waals surface area contributed by atoms with Crippen LogP contribution in [0.2, 0.25) is 10.0 Å². The molecule has 0 bridgehead atoms. The van der Waals surface area contributed by atoms with Crippen molar-refractivity contribution >= 4 is 51.5 Å². The third kappa shape index (κ3) is 8.04. The highest BCUT2D eigenvalue weighted by Crippen LogP contribution is 2.33. The molecule has 0 fully saturated rings. The first-order valence-corrected chi connectivity index (χ1v) is 12.6. The Hall–Kier alpha value is -3.41. The van der Waals surface area contributed by atoms with E-state index in [9.17, 15) is 9.59 Å². The molecule has 2 amide bonds. The monoisotopic (exact) mass is 564 g/mol. The van der Waals surface area contributed by atoms with Gasteiger partial charge in [-0.05, 0) is 32.0 Å². The van der Waals surface area contributed by atoms with Crippen molar-refractivity contribution in [1.29, 1.82) is 0 Å². The summed E-state index contributed by atoms with van der Waals surface area (Å²) in [4.78, 5) is 23.5. The van der Waals surface area contributed by atoms with E-state index in [2.05, 4.69) is 25.3 Å². The summed E-state index contributed by atoms with van der Waals surface area (Å²) in [6, 6.07) is 12.0. The number of hydrogen-bond acceptors (Lipinski definition) is 8. The lowest BCUT2D eigenvalue weighted by Gasteiger charge is -2.13. The summed E-state index contributed by atoms with van der Waals surface area (Å²) < 4.78 is 15.6. The van der Waals surface area contributed by atoms with Gasteiger partial charge in [0, 0.05) is 28.7 Å². The number of nitrogens with one attached hydrogen (secondary N) is 2. The Balaban J connectivity index is 0.000000220. The van der Waals surface area contributed by atoms with Gasteiger partial charge in [0.25, 0.3) is 0 Å². The van der Waals surface area contributed by atoms with Gasteiger partial charge in [0.05, 0.1) is 28.0 Å². The zero-order valence-corrected chi connectivity index (χ0v) is 23.1. The van der Waals surface area contributed by atoms with Crippen LogP contribution in [0, 0.1) is 0 Å². The minimum atomic E-state index is -0.607. The number of carbonyl (C=O) groups excluding carboxylic acids is 1. The van der Waals surface area contributed by atoms with E-state index in [4.69, 9.17) is 32.4 Å². The van der Waals surface area contributed by atoms with E-state index in [1.807, 2.05) is 65.0 Å². The van der Waals surface area contributed by atoms with Gasteiger partial charge >= 0.3 is 11.8 Å². The summed E-state index contributed by atoms with van der Waals surface area (Å²) in [5.41, 5.74) is 0.721. The number of amides is 2. The van der Waals surface area contributed by atoms with Gasteiger partial charge in [0.2, 0.25) is 5.89 Å². The van der Waals surface area contributed by atoms with E-state index in [0.717, 1.165) is 21.9 Å². The van der Waals surface area contributed by atoms with Gasteiger partial charge in [-0.1, -0.05) is 66.7 Å². The third-order valence-corrected chi connectivity index (χ3v) is 5.59. The molecular weight excluding hydrogens is 539 g/mol. The molecule has 0 aliphatic heterocycles. The van der Waals surface area contributed by atoms with Crippen molar-refractivity contribution in [3.8, 4) is 11.4 Å². The molecule has 4 aromatic rings. The van der Waals surface area contributed by atoms with E-state index in [0.29, 0.717) is 27.4 Å². The molecule has 0 atom stereocenters. The molecule has 0 saturated carbocycles. The standard InChI is InChI=1S/C15H18Cl2N2O3.C9H8N4OS/c1-8(2)21-12-7-11(9(16)6-10(12)17)19-14(20)22-13(18-19)15(3,4)5;14-9(12-8-6-10-13-15-8)11-7-4-2-1-3-5-7/h6-8H,1-5H3;1-6H,(H2,11,12,14). The fraction of sp³-hybridized carbons (Fsp3) is 0.292. The summed E-state index contributed by atoms with van der Waals surface area (Å²) in [7, 11) is 0. The Morgan fingerprint density at radius 3 is 2.38 bits per heavy atom. The van der Waals surface area contributed by atoms with Gasteiger partial charge in [0.15, 0.2) is 0 Å². The fourth-order valence-electron chi connectivity index (χ4n) is 2.78. The van der Waals surface area contributed by atoms with Crippen LogP contribution in [-0.2, 0) is 5.41 Å². The number of ether oxygens (including phenoxy) is 1. The van der Waals surface area contributed by atoms with E-state index in [1.165, 1.54) is 12.3 Å². The maximum atomic E-state index is 12.1. The van der Waals surface area contributed by atoms with Crippen molar-refractivity contribution in [1.82, 2.24) is 19.4 Å². The lowest BCUT2D eigenvalue weighted by Crippen LogP contribution is -2.18. The number of halogens is 2. The van der Waals surface area contributed by atoms with Gasteiger partial charge in [-0.25, -0.2) is 9.59 Å². The maximum Gasteiger partial charge on any atom is 0.442 e. The second kappa shape index (κ2) is 12.2. The largest absolute Gasteiger partial charge is 0.489 e. The van der Waals surface area contributed by atoms with Gasteiger partial charge in [-0.3, -0.25) is 5.32 Å². The number of urea groups is 1. The average Bonchev–Trinajstić information content (AvgIpc) is 3.46. The fourth-order valence-corrected chi connectivity index (χ4v) is 3.70. The topological polar surface area (TPSA) is 124 Å². The van der Waals surface area contributed by atoms with Crippen molar-refractivity contribution in [3.63, 3.8) is 0 Å². The maximum absolute atomic E-state index is 12.1. The number of nitrogens with zero attached hydrogens (tertiary/aromatic N) is 4. The first-order valence-electron chi connectivity index (χ1n) is 11.1. The Labute approximate surface area is 227 Å². The van der Waals surface area contributed by atoms with Crippen molar-refractivity contribution in [2.45, 2.75) is 46.1 Å². The molecule has 2 N–H and O–H groups in total. The third-order valence-electron chi connectivity index (χ3n) is 4.41. The molecular formula is C24H26Cl2N6O4S. The van der Waals surface area contributed by atoms with E-state index in [1.54, 1.807) is 6.07 Å². The first-order chi connectivity index (χ1) is 17.4. The number of benzene rings is 2. The summed E-state index contributed by atoms with van der Waals surface area (Å²) >= 11 is 13.4. The van der Waals surface area contributed by atoms with Gasteiger partial charge < -0.3 is 14.5 Å². The second-order valence-corrected chi connectivity index (χ2v) is 10.6. The highest BCUT2D eigenvalue weighted by atomic mass is 35.5. The number of rotatable bonds is 5. The summed E-state index contributed by atoms with van der Waals surface area (Å²) in [5.74, 6) is 0.155. The minimum absolute atomic E-state index is 0.0642. The molecule has 2 heterocycles. The zero-order chi connectivity index (χ0) is 27.2. The lowest BCUT2D eigenvalue weighted by molar-refractivity contribution is 0.242. The molecule has 37 heavy (non-hydrogen) atoms. The predicted molar refractivity (Wildman–Crippen MR) is 146 cm³/mol. The zero-order valence-electron chi connectivity index (χ0n) is 20.8. The number of anilines is 2. The first kappa shape index (κ1) is 28.2. The number of para-hydroxylation sites is 1. The molecule has 0 radical (unpaired) electrons. The predicted octanol–water partition coefficient (Wildman–Crippen LogP) is 6.40. The number of hydrogen-bond donors (Lipinski definition) is 2. The van der Waals surface area contributed by atoms with Crippen LogP contribution in [0.1, 0.15) is 40.5 Å². The van der Waals surface area contributed by atoms with Crippen LogP contribution in [0.5, 0.6) is 5.75 Å². The van der Waals surface area contributed by atoms with Crippen molar-refractivity contribution in [2.75, 3.05) is 10.6 Å². The molecule has 4 rings (SSSR count). The molecule has 0 aliphatic rings. The normalized spacial score (nSPS) is 11.0. The Morgan fingerprint density at radius 2 is 1.81 bits per heavy atom. The summed E-state index contributed by atoms with van der Waals surface area (Å²) in [6.45, 7) is 9.47. The smallest absolute Gasteiger partial charge is 0.442 e. The average molecular weight is 565 g/mol. The van der Waals surface area contributed by atoms with Crippen molar-refractivity contribution in [2.24, 2.45) is 0 Å². The van der Waals surface area contributed by atoms with Gasteiger partial charge in [-0.2, -0.15) is 4.68 Å². The SMILES string of the molecule is CC(C)Oc1cc(-n2nc(C(C)(C)C)oc2=O)c(Cl)cc1Cl.O=C(Nc1ccccc1)Nc1cnns1. The van der Waals surface area contributed by atoms with Gasteiger partial charge in [-0.15, -0.1) is 10.2 Å². The van der Waals surface area contributed by atoms with Crippen LogP contribution in [0.4, 0.5) is 15.5 Å². The van der Waals surface area contributed by atoms with E-state index < -0.39 is 5.76 Å². The summed E-state index contributed by atoms with van der Waals surface area (Å²) in [5, 5.41) is 14.4. The number of aromatic nitrogens is 4. The molecule has 0 aliphatic carbocycles. The van der Waals surface area contributed by atoms with E-state index >= 15 is 0 Å². The Bertz CT molecular complexity index is 1380. The minimum Gasteiger partial charge on any atom is -0.489 e. The number of carbonyl (C=O) groups is 1. The quantitative estimate of drug-likeness (QED) is 0.287. The molecule has 0 unspecified atom stereocenters. The molecule has 0 spiro atoms. The Morgan fingerprint density at radius 1 is 1.11 bits per heavy atom.